The lowest BCUT2D eigenvalue weighted by atomic mass is 9.95. The first-order valence-corrected chi connectivity index (χ1v) is 17.2. The third-order valence-corrected chi connectivity index (χ3v) is 10.4. The van der Waals surface area contributed by atoms with Gasteiger partial charge in [-0.3, -0.25) is 14.7 Å². The average molecular weight is 745 g/mol. The van der Waals surface area contributed by atoms with E-state index in [1.165, 1.54) is 11.1 Å². The second-order valence-electron chi connectivity index (χ2n) is 12.9. The first kappa shape index (κ1) is 35.4. The topological polar surface area (TPSA) is 112 Å². The van der Waals surface area contributed by atoms with Gasteiger partial charge in [-0.1, -0.05) is 0 Å². The van der Waals surface area contributed by atoms with Gasteiger partial charge in [0.25, 0.3) is 5.91 Å². The van der Waals surface area contributed by atoms with Gasteiger partial charge in [-0.15, -0.1) is 11.3 Å². The van der Waals surface area contributed by atoms with Gasteiger partial charge in [-0.25, -0.2) is 24.7 Å². The average Bonchev–Trinajstić information content (AvgIpc) is 3.83. The minimum absolute atomic E-state index is 0.0103. The Morgan fingerprint density at radius 3 is 2.77 bits per heavy atom. The molecule has 3 fully saturated rings. The van der Waals surface area contributed by atoms with Crippen molar-refractivity contribution in [2.24, 2.45) is 0 Å². The first-order chi connectivity index (χ1) is 24.9. The summed E-state index contributed by atoms with van der Waals surface area (Å²) in [7, 11) is 0. The van der Waals surface area contributed by atoms with Crippen molar-refractivity contribution in [2.75, 3.05) is 50.8 Å². The van der Waals surface area contributed by atoms with E-state index >= 15 is 8.78 Å². The molecule has 11 nitrogen and oxygen atoms in total. The minimum atomic E-state index is -4.91. The van der Waals surface area contributed by atoms with Gasteiger partial charge in [0.1, 0.15) is 46.6 Å². The molecule has 0 spiro atoms. The summed E-state index contributed by atoms with van der Waals surface area (Å²) >= 11 is 1.14. The summed E-state index contributed by atoms with van der Waals surface area (Å²) in [5, 5.41) is 11.9. The lowest BCUT2D eigenvalue weighted by molar-refractivity contribution is -0.137. The van der Waals surface area contributed by atoms with Crippen LogP contribution in [0.3, 0.4) is 0 Å². The zero-order valence-corrected chi connectivity index (χ0v) is 28.1. The summed E-state index contributed by atoms with van der Waals surface area (Å²) in [5.74, 6) is -3.73. The van der Waals surface area contributed by atoms with E-state index in [9.17, 15) is 27.5 Å². The molecule has 1 amide bonds. The van der Waals surface area contributed by atoms with Gasteiger partial charge in [0.05, 0.1) is 16.5 Å². The van der Waals surface area contributed by atoms with Gasteiger partial charge in [-0.2, -0.15) is 23.1 Å². The predicted octanol–water partition coefficient (Wildman–Crippen LogP) is 5.91. The van der Waals surface area contributed by atoms with Crippen LogP contribution in [0.4, 0.5) is 32.2 Å². The normalized spacial score (nSPS) is 22.5. The van der Waals surface area contributed by atoms with Crippen LogP contribution in [0.1, 0.15) is 29.8 Å². The molecule has 0 aliphatic carbocycles. The molecule has 4 aromatic rings. The monoisotopic (exact) mass is 744 g/mol. The molecule has 3 aliphatic rings. The molecule has 1 unspecified atom stereocenters. The highest BCUT2D eigenvalue weighted by molar-refractivity contribution is 7.10. The molecule has 6 heterocycles. The number of hydrogen-bond acceptors (Lipinski definition) is 10. The number of rotatable bonds is 8. The highest BCUT2D eigenvalue weighted by Crippen LogP contribution is 2.42. The van der Waals surface area contributed by atoms with Crippen molar-refractivity contribution in [3.05, 3.63) is 69.6 Å². The zero-order valence-electron chi connectivity index (χ0n) is 27.3. The Balaban J connectivity index is 1.28. The molecule has 7 rings (SSSR count). The van der Waals surface area contributed by atoms with Gasteiger partial charge in [0, 0.05) is 62.0 Å². The summed E-state index contributed by atoms with van der Waals surface area (Å²) in [4.78, 5) is 38.3. The van der Waals surface area contributed by atoms with Crippen molar-refractivity contribution in [3.63, 3.8) is 0 Å². The quantitative estimate of drug-likeness (QED) is 0.134. The number of anilines is 1. The van der Waals surface area contributed by atoms with Gasteiger partial charge in [0.2, 0.25) is 6.54 Å². The Hall–Kier alpha value is -5.02. The van der Waals surface area contributed by atoms with E-state index in [-0.39, 0.29) is 68.0 Å². The number of nitrogens with zero attached hydrogens (tertiary/aromatic N) is 8. The number of amides is 1. The number of ether oxygens (including phenoxy) is 1. The van der Waals surface area contributed by atoms with E-state index in [1.807, 2.05) is 4.90 Å². The van der Waals surface area contributed by atoms with Crippen molar-refractivity contribution in [1.82, 2.24) is 29.7 Å². The number of halogens is 6. The second-order valence-corrected chi connectivity index (χ2v) is 13.8. The Morgan fingerprint density at radius 1 is 1.19 bits per heavy atom. The number of hydrogen-bond donors (Lipinski definition) is 1. The van der Waals surface area contributed by atoms with Gasteiger partial charge < -0.3 is 24.5 Å². The van der Waals surface area contributed by atoms with Crippen LogP contribution in [0.2, 0.25) is 0 Å². The molecule has 272 valence electrons. The standard InChI is InChI=1S/C34H30F6N8O3S/c1-41-14-20-17-46(8-9-48(20)31(50)25(36)12-26-42-6-10-52-26)30-23-15-43-28(22-11-21(49)3-4-24(22)34(38,39)40)27(37)29(23)44-32(45-30)51-18-33-5-2-7-47(33)16-19(35)13-33/h3-4,6,10-12,15,19-20,49H,2,5,7-9,13-14,16-18H2/b25-12-/t19-,20+,33?/m1/s1. The summed E-state index contributed by atoms with van der Waals surface area (Å²) in [6.45, 7) is 8.09. The van der Waals surface area contributed by atoms with E-state index in [0.717, 1.165) is 42.2 Å². The molecular formula is C34H30F6N8O3S. The summed E-state index contributed by atoms with van der Waals surface area (Å²) in [5.41, 5.74) is -3.75. The summed E-state index contributed by atoms with van der Waals surface area (Å²) in [6, 6.07) is 1.04. The van der Waals surface area contributed by atoms with Crippen molar-refractivity contribution in [3.8, 4) is 23.0 Å². The largest absolute Gasteiger partial charge is 0.508 e. The number of phenolic OH excluding ortho intramolecular Hbond substituents is 1. The van der Waals surface area contributed by atoms with Gasteiger partial charge >= 0.3 is 12.2 Å². The third-order valence-electron chi connectivity index (χ3n) is 9.69. The number of aromatic nitrogens is 4. The number of pyridine rings is 1. The predicted molar refractivity (Wildman–Crippen MR) is 178 cm³/mol. The van der Waals surface area contributed by atoms with E-state index in [2.05, 4.69) is 24.8 Å². The van der Waals surface area contributed by atoms with Crippen molar-refractivity contribution in [1.29, 1.82) is 0 Å². The van der Waals surface area contributed by atoms with E-state index < -0.39 is 69.6 Å². The highest BCUT2D eigenvalue weighted by atomic mass is 32.1. The first-order valence-electron chi connectivity index (χ1n) is 16.3. The van der Waals surface area contributed by atoms with E-state index in [1.54, 1.807) is 10.3 Å². The minimum Gasteiger partial charge on any atom is -0.508 e. The summed E-state index contributed by atoms with van der Waals surface area (Å²) < 4.78 is 94.1. The Morgan fingerprint density at radius 2 is 2.02 bits per heavy atom. The number of phenols is 1. The lowest BCUT2D eigenvalue weighted by Gasteiger charge is -2.39. The maximum Gasteiger partial charge on any atom is 0.417 e. The fraction of sp³-hybridized carbons (Fsp3) is 0.412. The maximum atomic E-state index is 16.5. The number of carbonyl (C=O) groups excluding carboxylic acids is 1. The molecular weight excluding hydrogens is 714 g/mol. The Kier molecular flexibility index (Phi) is 9.42. The fourth-order valence-electron chi connectivity index (χ4n) is 7.33. The molecule has 1 N–H and O–H groups in total. The molecule has 3 aliphatic heterocycles. The van der Waals surface area contributed by atoms with E-state index in [4.69, 9.17) is 11.3 Å². The number of benzene rings is 1. The third kappa shape index (κ3) is 6.70. The van der Waals surface area contributed by atoms with Crippen LogP contribution in [-0.2, 0) is 11.0 Å². The second kappa shape index (κ2) is 13.8. The number of piperazine rings is 1. The fourth-order valence-corrected chi connectivity index (χ4v) is 7.88. The van der Waals surface area contributed by atoms with E-state index in [0.29, 0.717) is 19.0 Å². The molecule has 0 saturated carbocycles. The SMILES string of the molecule is [C-]#[N+]C[C@H]1CN(c2nc(OCC34CCCN3C[C@H](F)C4)nc3c(F)c(-c4cc(O)ccc4C(F)(F)F)ncc23)CCN1C(=O)/C(F)=C/c1nccs1. The van der Waals surface area contributed by atoms with Crippen LogP contribution in [0.25, 0.3) is 33.1 Å². The Bertz CT molecular complexity index is 2080. The molecule has 0 bridgehead atoms. The van der Waals surface area contributed by atoms with Crippen LogP contribution in [-0.4, -0.2) is 104 Å². The van der Waals surface area contributed by atoms with Gasteiger partial charge in [0.15, 0.2) is 11.6 Å². The number of fused-ring (bicyclic) bond motifs is 2. The molecule has 3 saturated heterocycles. The molecule has 18 heteroatoms. The van der Waals surface area contributed by atoms with Crippen LogP contribution in [0.5, 0.6) is 11.8 Å². The number of aromatic hydroxyl groups is 1. The number of carbonyl (C=O) groups is 1. The van der Waals surface area contributed by atoms with Crippen LogP contribution in [0, 0.1) is 12.4 Å². The summed E-state index contributed by atoms with van der Waals surface area (Å²) in [6.07, 6.45) is -0.703. The molecule has 0 radical (unpaired) electrons. The highest BCUT2D eigenvalue weighted by Gasteiger charge is 2.49. The molecule has 3 atom stereocenters. The smallest absolute Gasteiger partial charge is 0.417 e. The van der Waals surface area contributed by atoms with Crippen LogP contribution in [0.15, 0.2) is 41.8 Å². The number of alkyl halides is 4. The Labute approximate surface area is 297 Å². The maximum absolute atomic E-state index is 16.5. The van der Waals surface area contributed by atoms with Crippen molar-refractivity contribution in [2.45, 2.75) is 43.2 Å². The van der Waals surface area contributed by atoms with Crippen molar-refractivity contribution < 1.29 is 41.0 Å². The van der Waals surface area contributed by atoms with Gasteiger partial charge in [-0.05, 0) is 37.6 Å². The lowest BCUT2D eigenvalue weighted by Crippen LogP contribution is -2.56. The van der Waals surface area contributed by atoms with Crippen LogP contribution < -0.4 is 9.64 Å². The molecule has 3 aromatic heterocycles. The molecule has 1 aromatic carbocycles. The van der Waals surface area contributed by atoms with Crippen LogP contribution >= 0.6 is 11.3 Å². The van der Waals surface area contributed by atoms with Crippen molar-refractivity contribution >= 4 is 40.0 Å². The zero-order chi connectivity index (χ0) is 36.8. The molecule has 52 heavy (non-hydrogen) atoms. The number of thiazole rings is 1.